The maximum absolute atomic E-state index is 5.59. The summed E-state index contributed by atoms with van der Waals surface area (Å²) in [5.74, 6) is 1.54. The first-order chi connectivity index (χ1) is 11.7. The fourth-order valence-electron chi connectivity index (χ4n) is 3.21. The van der Waals surface area contributed by atoms with Gasteiger partial charge in [-0.25, -0.2) is 4.68 Å². The molecule has 5 nitrogen and oxygen atoms in total. The summed E-state index contributed by atoms with van der Waals surface area (Å²) in [4.78, 5) is 0. The first-order valence-corrected chi connectivity index (χ1v) is 7.85. The van der Waals surface area contributed by atoms with Crippen LogP contribution in [0.4, 0.5) is 5.69 Å². The van der Waals surface area contributed by atoms with Crippen molar-refractivity contribution >= 4 is 5.69 Å². The summed E-state index contributed by atoms with van der Waals surface area (Å²) >= 11 is 0. The molecule has 1 aromatic heterocycles. The highest BCUT2D eigenvalue weighted by Gasteiger charge is 2.28. The molecular weight excluding hydrogens is 302 g/mol. The molecule has 0 bridgehead atoms. The minimum absolute atomic E-state index is 0.135. The van der Waals surface area contributed by atoms with E-state index in [1.54, 1.807) is 14.2 Å². The van der Waals surface area contributed by atoms with Gasteiger partial charge in [0.2, 0.25) is 0 Å². The SMILES string of the molecule is COc1ccc([C@H]2Nc3ccccc3-c3cc(C)nn32)c(OC)c1. The van der Waals surface area contributed by atoms with Crippen LogP contribution in [0.1, 0.15) is 17.4 Å². The Morgan fingerprint density at radius 1 is 1.04 bits per heavy atom. The number of para-hydroxylation sites is 1. The monoisotopic (exact) mass is 321 g/mol. The number of fused-ring (bicyclic) bond motifs is 3. The molecular formula is C19H19N3O2. The van der Waals surface area contributed by atoms with Crippen LogP contribution < -0.4 is 14.8 Å². The first-order valence-electron chi connectivity index (χ1n) is 7.85. The lowest BCUT2D eigenvalue weighted by atomic mass is 10.0. The van der Waals surface area contributed by atoms with Gasteiger partial charge >= 0.3 is 0 Å². The first kappa shape index (κ1) is 14.6. The lowest BCUT2D eigenvalue weighted by molar-refractivity contribution is 0.386. The second-order valence-electron chi connectivity index (χ2n) is 5.82. The molecule has 1 atom stereocenters. The van der Waals surface area contributed by atoms with E-state index >= 15 is 0 Å². The average molecular weight is 321 g/mol. The number of aromatic nitrogens is 2. The van der Waals surface area contributed by atoms with Gasteiger partial charge in [0, 0.05) is 22.9 Å². The highest BCUT2D eigenvalue weighted by molar-refractivity contribution is 5.79. The zero-order valence-corrected chi connectivity index (χ0v) is 13.9. The summed E-state index contributed by atoms with van der Waals surface area (Å²) in [6.07, 6.45) is -0.135. The zero-order chi connectivity index (χ0) is 16.7. The molecule has 24 heavy (non-hydrogen) atoms. The number of benzene rings is 2. The quantitative estimate of drug-likeness (QED) is 0.796. The molecule has 0 saturated carbocycles. The van der Waals surface area contributed by atoms with Crippen LogP contribution in [0.3, 0.4) is 0 Å². The van der Waals surface area contributed by atoms with E-state index in [0.29, 0.717) is 0 Å². The van der Waals surface area contributed by atoms with Crippen molar-refractivity contribution in [2.75, 3.05) is 19.5 Å². The Hall–Kier alpha value is -2.95. The van der Waals surface area contributed by atoms with Crippen LogP contribution >= 0.6 is 0 Å². The highest BCUT2D eigenvalue weighted by atomic mass is 16.5. The van der Waals surface area contributed by atoms with Crippen molar-refractivity contribution in [1.82, 2.24) is 9.78 Å². The molecule has 0 unspecified atom stereocenters. The summed E-state index contributed by atoms with van der Waals surface area (Å²) in [5.41, 5.74) is 5.34. The molecule has 5 heteroatoms. The summed E-state index contributed by atoms with van der Waals surface area (Å²) < 4.78 is 12.9. The predicted molar refractivity (Wildman–Crippen MR) is 93.7 cm³/mol. The van der Waals surface area contributed by atoms with Crippen molar-refractivity contribution in [3.05, 3.63) is 59.8 Å². The molecule has 0 amide bonds. The second-order valence-corrected chi connectivity index (χ2v) is 5.82. The summed E-state index contributed by atoms with van der Waals surface area (Å²) in [6, 6.07) is 16.2. The van der Waals surface area contributed by atoms with Crippen LogP contribution in [-0.2, 0) is 0 Å². The standard InChI is InChI=1S/C19H19N3O2/c1-12-10-17-14-6-4-5-7-16(14)20-19(22(17)21-12)15-9-8-13(23-2)11-18(15)24-3/h4-11,19-20H,1-3H3/t19-/m0/s1. The van der Waals surface area contributed by atoms with E-state index in [4.69, 9.17) is 14.6 Å². The van der Waals surface area contributed by atoms with Crippen molar-refractivity contribution < 1.29 is 9.47 Å². The van der Waals surface area contributed by atoms with Crippen LogP contribution in [0.25, 0.3) is 11.3 Å². The molecule has 3 aromatic rings. The number of methoxy groups -OCH3 is 2. The fourth-order valence-corrected chi connectivity index (χ4v) is 3.21. The number of anilines is 1. The zero-order valence-electron chi connectivity index (χ0n) is 13.9. The molecule has 0 radical (unpaired) electrons. The lowest BCUT2D eigenvalue weighted by Gasteiger charge is -2.30. The van der Waals surface area contributed by atoms with Crippen molar-refractivity contribution in [2.24, 2.45) is 0 Å². The van der Waals surface area contributed by atoms with Crippen LogP contribution in [0.5, 0.6) is 11.5 Å². The van der Waals surface area contributed by atoms with E-state index < -0.39 is 0 Å². The molecule has 122 valence electrons. The Bertz CT molecular complexity index is 901. The number of ether oxygens (including phenoxy) is 2. The third-order valence-corrected chi connectivity index (χ3v) is 4.33. The smallest absolute Gasteiger partial charge is 0.150 e. The Kier molecular flexibility index (Phi) is 3.41. The topological polar surface area (TPSA) is 48.3 Å². The van der Waals surface area contributed by atoms with E-state index in [1.165, 1.54) is 0 Å². The van der Waals surface area contributed by atoms with Gasteiger partial charge in [-0.3, -0.25) is 0 Å². The molecule has 2 heterocycles. The van der Waals surface area contributed by atoms with Gasteiger partial charge in [0.25, 0.3) is 0 Å². The van der Waals surface area contributed by atoms with Gasteiger partial charge < -0.3 is 14.8 Å². The van der Waals surface area contributed by atoms with Crippen LogP contribution in [0.2, 0.25) is 0 Å². The number of nitrogens with zero attached hydrogens (tertiary/aromatic N) is 2. The maximum atomic E-state index is 5.59. The molecule has 0 spiro atoms. The molecule has 1 N–H and O–H groups in total. The van der Waals surface area contributed by atoms with Gasteiger partial charge in [0.1, 0.15) is 11.5 Å². The van der Waals surface area contributed by atoms with Gasteiger partial charge in [0.05, 0.1) is 25.6 Å². The Labute approximate surface area is 140 Å². The Morgan fingerprint density at radius 2 is 1.88 bits per heavy atom. The Balaban J connectivity index is 1.89. The fraction of sp³-hybridized carbons (Fsp3) is 0.211. The molecule has 1 aliphatic rings. The summed E-state index contributed by atoms with van der Waals surface area (Å²) in [5, 5.41) is 8.27. The van der Waals surface area contributed by atoms with Crippen molar-refractivity contribution in [3.8, 4) is 22.8 Å². The van der Waals surface area contributed by atoms with Crippen molar-refractivity contribution in [2.45, 2.75) is 13.1 Å². The van der Waals surface area contributed by atoms with Crippen molar-refractivity contribution in [3.63, 3.8) is 0 Å². The van der Waals surface area contributed by atoms with E-state index in [9.17, 15) is 0 Å². The van der Waals surface area contributed by atoms with Gasteiger partial charge in [-0.1, -0.05) is 18.2 Å². The highest BCUT2D eigenvalue weighted by Crippen LogP contribution is 2.41. The van der Waals surface area contributed by atoms with Crippen LogP contribution in [-0.4, -0.2) is 24.0 Å². The molecule has 4 rings (SSSR count). The number of hydrogen-bond acceptors (Lipinski definition) is 4. The van der Waals surface area contributed by atoms with E-state index in [-0.39, 0.29) is 6.17 Å². The molecule has 0 saturated heterocycles. The normalized spacial score (nSPS) is 15.2. The third-order valence-electron chi connectivity index (χ3n) is 4.33. The largest absolute Gasteiger partial charge is 0.497 e. The van der Waals surface area contributed by atoms with Gasteiger partial charge in [-0.05, 0) is 31.2 Å². The lowest BCUT2D eigenvalue weighted by Crippen LogP contribution is -2.26. The third kappa shape index (κ3) is 2.21. The molecule has 2 aromatic carbocycles. The van der Waals surface area contributed by atoms with Gasteiger partial charge in [-0.2, -0.15) is 5.10 Å². The Morgan fingerprint density at radius 3 is 2.67 bits per heavy atom. The number of rotatable bonds is 3. The van der Waals surface area contributed by atoms with Crippen molar-refractivity contribution in [1.29, 1.82) is 0 Å². The van der Waals surface area contributed by atoms with E-state index in [2.05, 4.69) is 23.5 Å². The van der Waals surface area contributed by atoms with Crippen LogP contribution in [0, 0.1) is 6.92 Å². The van der Waals surface area contributed by atoms with Crippen LogP contribution in [0.15, 0.2) is 48.5 Å². The second kappa shape index (κ2) is 5.60. The van der Waals surface area contributed by atoms with Gasteiger partial charge in [0.15, 0.2) is 6.17 Å². The minimum atomic E-state index is -0.135. The number of hydrogen-bond donors (Lipinski definition) is 1. The number of aryl methyl sites for hydroxylation is 1. The van der Waals surface area contributed by atoms with E-state index in [0.717, 1.165) is 39.7 Å². The van der Waals surface area contributed by atoms with Gasteiger partial charge in [-0.15, -0.1) is 0 Å². The average Bonchev–Trinajstić information content (AvgIpc) is 3.02. The molecule has 0 aliphatic carbocycles. The summed E-state index contributed by atoms with van der Waals surface area (Å²) in [6.45, 7) is 2.01. The molecule has 1 aliphatic heterocycles. The minimum Gasteiger partial charge on any atom is -0.497 e. The van der Waals surface area contributed by atoms with E-state index in [1.807, 2.05) is 41.9 Å². The molecule has 0 fully saturated rings. The number of nitrogens with one attached hydrogen (secondary N) is 1. The predicted octanol–water partition coefficient (Wildman–Crippen LogP) is 3.85. The summed E-state index contributed by atoms with van der Waals surface area (Å²) in [7, 11) is 3.32. The maximum Gasteiger partial charge on any atom is 0.150 e.